The second-order valence-electron chi connectivity index (χ2n) is 2.86. The molecule has 1 aromatic carbocycles. The lowest BCUT2D eigenvalue weighted by atomic mass is 10.2. The first-order valence-corrected chi connectivity index (χ1v) is 4.53. The van der Waals surface area contributed by atoms with Gasteiger partial charge in [-0.3, -0.25) is 4.79 Å². The molecule has 2 heteroatoms. The normalized spacial score (nSPS) is 8.64. The van der Waals surface area contributed by atoms with E-state index in [0.717, 1.165) is 5.69 Å². The van der Waals surface area contributed by atoms with E-state index in [0.29, 0.717) is 13.0 Å². The summed E-state index contributed by atoms with van der Waals surface area (Å²) in [6, 6.07) is 9.66. The van der Waals surface area contributed by atoms with Gasteiger partial charge in [-0.25, -0.2) is 0 Å². The Bertz CT molecular complexity index is 346. The molecule has 0 fully saturated rings. The highest BCUT2D eigenvalue weighted by Crippen LogP contribution is 2.03. The van der Waals surface area contributed by atoms with Gasteiger partial charge in [0.05, 0.1) is 13.0 Å². The van der Waals surface area contributed by atoms with Gasteiger partial charge >= 0.3 is 0 Å². The Hall–Kier alpha value is -1.75. The highest BCUT2D eigenvalue weighted by Gasteiger charge is 1.97. The number of hydrogen-bond acceptors (Lipinski definition) is 2. The van der Waals surface area contributed by atoms with Crippen LogP contribution in [0.1, 0.15) is 13.3 Å². The first kappa shape index (κ1) is 10.3. The minimum Gasteiger partial charge on any atom is -0.378 e. The van der Waals surface area contributed by atoms with Gasteiger partial charge in [-0.15, -0.1) is 5.92 Å². The molecule has 0 aliphatic heterocycles. The molecule has 0 radical (unpaired) electrons. The summed E-state index contributed by atoms with van der Waals surface area (Å²) in [4.78, 5) is 11.2. The van der Waals surface area contributed by atoms with E-state index in [4.69, 9.17) is 0 Å². The lowest BCUT2D eigenvalue weighted by Gasteiger charge is -2.02. The first-order chi connectivity index (χ1) is 6.83. The molecule has 0 saturated heterocycles. The predicted octanol–water partition coefficient (Wildman–Crippen LogP) is 2.08. The molecule has 0 aliphatic rings. The number of hydrogen-bond donors (Lipinski definition) is 1. The van der Waals surface area contributed by atoms with Gasteiger partial charge in [-0.1, -0.05) is 24.1 Å². The highest BCUT2D eigenvalue weighted by atomic mass is 16.1. The lowest BCUT2D eigenvalue weighted by molar-refractivity contribution is -0.116. The molecule has 0 aliphatic carbocycles. The van der Waals surface area contributed by atoms with Gasteiger partial charge in [0.25, 0.3) is 0 Å². The van der Waals surface area contributed by atoms with Crippen LogP contribution >= 0.6 is 0 Å². The largest absolute Gasteiger partial charge is 0.378 e. The van der Waals surface area contributed by atoms with Crippen molar-refractivity contribution in [2.75, 3.05) is 11.9 Å². The van der Waals surface area contributed by atoms with E-state index in [9.17, 15) is 4.79 Å². The maximum atomic E-state index is 11.2. The van der Waals surface area contributed by atoms with Crippen molar-refractivity contribution in [2.45, 2.75) is 13.3 Å². The van der Waals surface area contributed by atoms with Gasteiger partial charge in [-0.2, -0.15) is 0 Å². The maximum Gasteiger partial charge on any atom is 0.163 e. The van der Waals surface area contributed by atoms with E-state index >= 15 is 0 Å². The summed E-state index contributed by atoms with van der Waals surface area (Å²) in [6.07, 6.45) is 0.330. The number of carbonyl (C=O) groups is 1. The molecule has 1 aromatic rings. The van der Waals surface area contributed by atoms with E-state index in [-0.39, 0.29) is 5.78 Å². The molecule has 0 aromatic heterocycles. The number of rotatable bonds is 4. The number of Topliss-reactive ketones (excluding diaryl/α,β-unsaturated/α-hetero) is 1. The Kier molecular flexibility index (Phi) is 4.30. The molecule has 2 nitrogen and oxygen atoms in total. The molecule has 0 saturated carbocycles. The number of carbonyl (C=O) groups excluding carboxylic acids is 1. The average molecular weight is 187 g/mol. The SMILES string of the molecule is CC#CCC(=O)CNc1ccccc1. The zero-order chi connectivity index (χ0) is 10.2. The topological polar surface area (TPSA) is 29.1 Å². The molecule has 1 rings (SSSR count). The summed E-state index contributed by atoms with van der Waals surface area (Å²) in [5.41, 5.74) is 0.963. The van der Waals surface area contributed by atoms with Crippen LogP contribution in [0.5, 0.6) is 0 Å². The lowest BCUT2D eigenvalue weighted by Crippen LogP contribution is -2.12. The van der Waals surface area contributed by atoms with Gasteiger partial charge in [0.15, 0.2) is 5.78 Å². The minimum absolute atomic E-state index is 0.114. The molecule has 1 N–H and O–H groups in total. The number of ketones is 1. The van der Waals surface area contributed by atoms with Gasteiger partial charge < -0.3 is 5.32 Å². The monoisotopic (exact) mass is 187 g/mol. The summed E-state index contributed by atoms with van der Waals surface area (Å²) >= 11 is 0. The van der Waals surface area contributed by atoms with Crippen molar-refractivity contribution in [3.8, 4) is 11.8 Å². The third-order valence-electron chi connectivity index (χ3n) is 1.73. The summed E-state index contributed by atoms with van der Waals surface area (Å²) in [5, 5.41) is 3.04. The Morgan fingerprint density at radius 3 is 2.71 bits per heavy atom. The quantitative estimate of drug-likeness (QED) is 0.731. The van der Waals surface area contributed by atoms with Gasteiger partial charge in [-0.05, 0) is 19.1 Å². The van der Waals surface area contributed by atoms with Crippen LogP contribution in [-0.2, 0) is 4.79 Å². The van der Waals surface area contributed by atoms with Crippen molar-refractivity contribution in [2.24, 2.45) is 0 Å². The Labute approximate surface area is 84.3 Å². The standard InChI is InChI=1S/C12H13NO/c1-2-3-9-12(14)10-13-11-7-5-4-6-8-11/h4-8,13H,9-10H2,1H3. The fraction of sp³-hybridized carbons (Fsp3) is 0.250. The van der Waals surface area contributed by atoms with E-state index in [1.54, 1.807) is 6.92 Å². The number of anilines is 1. The summed E-state index contributed by atoms with van der Waals surface area (Å²) in [5.74, 6) is 5.56. The summed E-state index contributed by atoms with van der Waals surface area (Å²) in [6.45, 7) is 2.08. The van der Waals surface area contributed by atoms with Crippen LogP contribution in [0.2, 0.25) is 0 Å². The van der Waals surface area contributed by atoms with Crippen LogP contribution in [0.15, 0.2) is 30.3 Å². The molecule has 0 bridgehead atoms. The van der Waals surface area contributed by atoms with Crippen LogP contribution in [-0.4, -0.2) is 12.3 Å². The zero-order valence-electron chi connectivity index (χ0n) is 8.21. The molecule has 0 amide bonds. The van der Waals surface area contributed by atoms with Gasteiger partial charge in [0.2, 0.25) is 0 Å². The van der Waals surface area contributed by atoms with Crippen LogP contribution in [0.3, 0.4) is 0 Å². The molecule has 0 spiro atoms. The minimum atomic E-state index is 0.114. The summed E-state index contributed by atoms with van der Waals surface area (Å²) in [7, 11) is 0. The number of para-hydroxylation sites is 1. The summed E-state index contributed by atoms with van der Waals surface area (Å²) < 4.78 is 0. The van der Waals surface area contributed by atoms with Crippen LogP contribution in [0, 0.1) is 11.8 Å². The van der Waals surface area contributed by atoms with E-state index in [1.807, 2.05) is 30.3 Å². The Balaban J connectivity index is 2.33. The van der Waals surface area contributed by atoms with Crippen LogP contribution < -0.4 is 5.32 Å². The van der Waals surface area contributed by atoms with Crippen molar-refractivity contribution in [1.29, 1.82) is 0 Å². The fourth-order valence-corrected chi connectivity index (χ4v) is 1.01. The van der Waals surface area contributed by atoms with E-state index < -0.39 is 0 Å². The van der Waals surface area contributed by atoms with Crippen molar-refractivity contribution in [1.82, 2.24) is 0 Å². The predicted molar refractivity (Wildman–Crippen MR) is 58.0 cm³/mol. The van der Waals surface area contributed by atoms with Gasteiger partial charge in [0.1, 0.15) is 0 Å². The Morgan fingerprint density at radius 2 is 2.07 bits per heavy atom. The average Bonchev–Trinajstić information content (AvgIpc) is 2.25. The molecular formula is C12H13NO. The third kappa shape index (κ3) is 3.77. The zero-order valence-corrected chi connectivity index (χ0v) is 8.21. The van der Waals surface area contributed by atoms with E-state index in [1.165, 1.54) is 0 Å². The van der Waals surface area contributed by atoms with Crippen molar-refractivity contribution < 1.29 is 4.79 Å². The smallest absolute Gasteiger partial charge is 0.163 e. The second kappa shape index (κ2) is 5.82. The number of benzene rings is 1. The molecular weight excluding hydrogens is 174 g/mol. The maximum absolute atomic E-state index is 11.2. The molecule has 0 unspecified atom stereocenters. The second-order valence-corrected chi connectivity index (χ2v) is 2.86. The fourth-order valence-electron chi connectivity index (χ4n) is 1.01. The molecule has 72 valence electrons. The van der Waals surface area contributed by atoms with Crippen molar-refractivity contribution in [3.63, 3.8) is 0 Å². The van der Waals surface area contributed by atoms with Crippen LogP contribution in [0.25, 0.3) is 0 Å². The number of nitrogens with one attached hydrogen (secondary N) is 1. The molecule has 14 heavy (non-hydrogen) atoms. The van der Waals surface area contributed by atoms with Crippen molar-refractivity contribution in [3.05, 3.63) is 30.3 Å². The van der Waals surface area contributed by atoms with Crippen LogP contribution in [0.4, 0.5) is 5.69 Å². The Morgan fingerprint density at radius 1 is 1.36 bits per heavy atom. The van der Waals surface area contributed by atoms with Gasteiger partial charge in [0, 0.05) is 5.69 Å². The molecule has 0 heterocycles. The van der Waals surface area contributed by atoms with Crippen molar-refractivity contribution >= 4 is 11.5 Å². The molecule has 0 atom stereocenters. The van der Waals surface area contributed by atoms with E-state index in [2.05, 4.69) is 17.2 Å². The highest BCUT2D eigenvalue weighted by molar-refractivity contribution is 5.84. The third-order valence-corrected chi connectivity index (χ3v) is 1.73. The first-order valence-electron chi connectivity index (χ1n) is 4.53.